The highest BCUT2D eigenvalue weighted by atomic mass is 16.3. The lowest BCUT2D eigenvalue weighted by Crippen LogP contribution is -2.44. The number of hydrogen-bond acceptors (Lipinski definition) is 4. The molecular formula is C20H23N3O2. The van der Waals surface area contributed by atoms with Crippen LogP contribution in [-0.2, 0) is 0 Å². The molecule has 0 unspecified atom stereocenters. The number of benzene rings is 1. The van der Waals surface area contributed by atoms with Crippen LogP contribution in [0.5, 0.6) is 0 Å². The van der Waals surface area contributed by atoms with Crippen molar-refractivity contribution in [3.8, 4) is 0 Å². The van der Waals surface area contributed by atoms with E-state index in [1.165, 1.54) is 23.1 Å². The molecule has 5 nitrogen and oxygen atoms in total. The highest BCUT2D eigenvalue weighted by Gasteiger charge is 2.29. The van der Waals surface area contributed by atoms with Crippen LogP contribution in [-0.4, -0.2) is 24.2 Å². The molecule has 0 saturated heterocycles. The fraction of sp³-hybridized carbons (Fsp3) is 0.300. The minimum Gasteiger partial charge on any atom is -0.459 e. The monoisotopic (exact) mass is 337 g/mol. The number of hydrogen-bond donors (Lipinski definition) is 1. The van der Waals surface area contributed by atoms with E-state index < -0.39 is 0 Å². The van der Waals surface area contributed by atoms with Gasteiger partial charge in [0, 0.05) is 17.8 Å². The van der Waals surface area contributed by atoms with Gasteiger partial charge in [-0.15, -0.1) is 0 Å². The van der Waals surface area contributed by atoms with Crippen molar-refractivity contribution in [1.82, 2.24) is 5.43 Å². The van der Waals surface area contributed by atoms with Crippen molar-refractivity contribution in [2.45, 2.75) is 33.2 Å². The lowest BCUT2D eigenvalue weighted by atomic mass is 9.88. The van der Waals surface area contributed by atoms with E-state index in [-0.39, 0.29) is 17.2 Å². The van der Waals surface area contributed by atoms with E-state index in [2.05, 4.69) is 61.3 Å². The molecule has 1 aromatic carbocycles. The van der Waals surface area contributed by atoms with E-state index in [0.29, 0.717) is 0 Å². The summed E-state index contributed by atoms with van der Waals surface area (Å²) in [6.45, 7) is 9.69. The molecule has 0 aliphatic carbocycles. The molecule has 0 bridgehead atoms. The van der Waals surface area contributed by atoms with Crippen LogP contribution in [0.2, 0.25) is 0 Å². The first-order chi connectivity index (χ1) is 11.9. The molecule has 1 aliphatic heterocycles. The third-order valence-electron chi connectivity index (χ3n) is 4.44. The second kappa shape index (κ2) is 6.59. The smallest absolute Gasteiger partial charge is 0.307 e. The maximum atomic E-state index is 11.8. The summed E-state index contributed by atoms with van der Waals surface area (Å²) >= 11 is 0. The minimum absolute atomic E-state index is 0.00153. The van der Waals surface area contributed by atoms with E-state index >= 15 is 0 Å². The van der Waals surface area contributed by atoms with Crippen LogP contribution >= 0.6 is 0 Å². The standard InChI is InChI=1S/C20H23N3O2/c1-5-23-17-9-8-15(11-16(17)14(2)12-20(23,3)4)13-21-22-19(24)18-7-6-10-25-18/h6-13H,5H2,1-4H3,(H,22,24)/b21-13-. The van der Waals surface area contributed by atoms with Gasteiger partial charge in [0.1, 0.15) is 0 Å². The lowest BCUT2D eigenvalue weighted by molar-refractivity contribution is 0.0927. The van der Waals surface area contributed by atoms with Gasteiger partial charge in [0.25, 0.3) is 0 Å². The number of hydrazone groups is 1. The van der Waals surface area contributed by atoms with Crippen LogP contribution in [0, 0.1) is 0 Å². The first kappa shape index (κ1) is 17.0. The fourth-order valence-corrected chi connectivity index (χ4v) is 3.39. The number of carbonyl (C=O) groups excluding carboxylic acids is 1. The Morgan fingerprint density at radius 3 is 2.84 bits per heavy atom. The predicted octanol–water partition coefficient (Wildman–Crippen LogP) is 4.07. The normalized spacial score (nSPS) is 15.8. The van der Waals surface area contributed by atoms with Gasteiger partial charge in [-0.1, -0.05) is 12.1 Å². The van der Waals surface area contributed by atoms with Crippen LogP contribution in [0.1, 0.15) is 49.4 Å². The van der Waals surface area contributed by atoms with Gasteiger partial charge in [0.2, 0.25) is 0 Å². The molecule has 0 saturated carbocycles. The molecular weight excluding hydrogens is 314 g/mol. The van der Waals surface area contributed by atoms with Crippen molar-refractivity contribution < 1.29 is 9.21 Å². The van der Waals surface area contributed by atoms with Crippen LogP contribution in [0.15, 0.2) is 52.2 Å². The summed E-state index contributed by atoms with van der Waals surface area (Å²) in [6, 6.07) is 9.49. The molecule has 1 aliphatic rings. The Morgan fingerprint density at radius 1 is 1.36 bits per heavy atom. The number of nitrogens with one attached hydrogen (secondary N) is 1. The topological polar surface area (TPSA) is 57.8 Å². The Labute approximate surface area is 148 Å². The zero-order valence-corrected chi connectivity index (χ0v) is 15.0. The quantitative estimate of drug-likeness (QED) is 0.676. The maximum absolute atomic E-state index is 11.8. The summed E-state index contributed by atoms with van der Waals surface area (Å²) in [5.74, 6) is -0.128. The summed E-state index contributed by atoms with van der Waals surface area (Å²) < 4.78 is 5.03. The van der Waals surface area contributed by atoms with Gasteiger partial charge in [0.15, 0.2) is 5.76 Å². The Bertz CT molecular complexity index is 833. The average Bonchev–Trinajstić information content (AvgIpc) is 3.09. The van der Waals surface area contributed by atoms with E-state index in [1.807, 2.05) is 6.07 Å². The largest absolute Gasteiger partial charge is 0.459 e. The van der Waals surface area contributed by atoms with Crippen molar-refractivity contribution in [2.24, 2.45) is 5.10 Å². The van der Waals surface area contributed by atoms with Crippen molar-refractivity contribution in [3.63, 3.8) is 0 Å². The first-order valence-electron chi connectivity index (χ1n) is 8.41. The molecule has 1 aromatic heterocycles. The highest BCUT2D eigenvalue weighted by molar-refractivity contribution is 5.93. The number of allylic oxidation sites excluding steroid dienone is 1. The number of carbonyl (C=O) groups is 1. The first-order valence-corrected chi connectivity index (χ1v) is 8.41. The van der Waals surface area contributed by atoms with E-state index in [0.717, 1.165) is 12.1 Å². The van der Waals surface area contributed by atoms with Crippen molar-refractivity contribution in [3.05, 3.63) is 59.6 Å². The summed E-state index contributed by atoms with van der Waals surface area (Å²) in [5.41, 5.74) is 7.07. The molecule has 2 heterocycles. The van der Waals surface area contributed by atoms with Crippen LogP contribution in [0.4, 0.5) is 5.69 Å². The molecule has 1 amide bonds. The second-order valence-electron chi connectivity index (χ2n) is 6.68. The van der Waals surface area contributed by atoms with Gasteiger partial charge in [0.05, 0.1) is 18.0 Å². The number of anilines is 1. The zero-order valence-electron chi connectivity index (χ0n) is 15.0. The molecule has 0 atom stereocenters. The molecule has 1 N–H and O–H groups in total. The third-order valence-corrected chi connectivity index (χ3v) is 4.44. The molecule has 5 heteroatoms. The van der Waals surface area contributed by atoms with Crippen LogP contribution in [0.25, 0.3) is 5.57 Å². The molecule has 130 valence electrons. The van der Waals surface area contributed by atoms with Crippen molar-refractivity contribution >= 4 is 23.4 Å². The molecule has 25 heavy (non-hydrogen) atoms. The molecule has 2 aromatic rings. The molecule has 0 spiro atoms. The van der Waals surface area contributed by atoms with Gasteiger partial charge in [-0.05, 0) is 63.1 Å². The highest BCUT2D eigenvalue weighted by Crippen LogP contribution is 2.38. The average molecular weight is 337 g/mol. The van der Waals surface area contributed by atoms with E-state index in [9.17, 15) is 4.79 Å². The Hall–Kier alpha value is -2.82. The fourth-order valence-electron chi connectivity index (χ4n) is 3.39. The Morgan fingerprint density at radius 2 is 2.16 bits per heavy atom. The Kier molecular flexibility index (Phi) is 4.49. The van der Waals surface area contributed by atoms with Crippen LogP contribution < -0.4 is 10.3 Å². The number of nitrogens with zero attached hydrogens (tertiary/aromatic N) is 2. The zero-order chi connectivity index (χ0) is 18.0. The number of amides is 1. The molecule has 0 radical (unpaired) electrons. The maximum Gasteiger partial charge on any atom is 0.307 e. The van der Waals surface area contributed by atoms with Gasteiger partial charge in [-0.2, -0.15) is 5.10 Å². The molecule has 3 rings (SSSR count). The van der Waals surface area contributed by atoms with Gasteiger partial charge in [-0.3, -0.25) is 4.79 Å². The number of likely N-dealkylation sites (N-methyl/N-ethyl adjacent to an activating group) is 1. The SMILES string of the molecule is CCN1c2ccc(/C=N\NC(=O)c3ccco3)cc2C(C)=CC1(C)C. The summed E-state index contributed by atoms with van der Waals surface area (Å²) in [7, 11) is 0. The lowest BCUT2D eigenvalue weighted by Gasteiger charge is -2.42. The predicted molar refractivity (Wildman–Crippen MR) is 101 cm³/mol. The Balaban J connectivity index is 1.81. The van der Waals surface area contributed by atoms with Crippen LogP contribution in [0.3, 0.4) is 0 Å². The minimum atomic E-state index is -0.366. The van der Waals surface area contributed by atoms with Crippen molar-refractivity contribution in [2.75, 3.05) is 11.4 Å². The van der Waals surface area contributed by atoms with E-state index in [4.69, 9.17) is 4.42 Å². The van der Waals surface area contributed by atoms with Crippen molar-refractivity contribution in [1.29, 1.82) is 0 Å². The number of furan rings is 1. The number of fused-ring (bicyclic) bond motifs is 1. The van der Waals surface area contributed by atoms with Gasteiger partial charge in [-0.25, -0.2) is 5.43 Å². The number of rotatable bonds is 4. The van der Waals surface area contributed by atoms with Gasteiger partial charge >= 0.3 is 5.91 Å². The third kappa shape index (κ3) is 3.36. The summed E-state index contributed by atoms with van der Waals surface area (Å²) in [6.07, 6.45) is 5.39. The van der Waals surface area contributed by atoms with Gasteiger partial charge < -0.3 is 9.32 Å². The second-order valence-corrected chi connectivity index (χ2v) is 6.68. The molecule has 0 fully saturated rings. The van der Waals surface area contributed by atoms with E-state index in [1.54, 1.807) is 18.3 Å². The summed E-state index contributed by atoms with van der Waals surface area (Å²) in [4.78, 5) is 14.2. The summed E-state index contributed by atoms with van der Waals surface area (Å²) in [5, 5.41) is 4.02.